The molecule has 0 aromatic rings. The van der Waals surface area contributed by atoms with Gasteiger partial charge >= 0.3 is 5.97 Å². The molecule has 74 valence electrons. The molecule has 0 rings (SSSR count). The summed E-state index contributed by atoms with van der Waals surface area (Å²) in [6, 6.07) is 0. The molecule has 0 bridgehead atoms. The van der Waals surface area contributed by atoms with Crippen LogP contribution in [0.25, 0.3) is 0 Å². The molecule has 0 aromatic carbocycles. The Hall–Kier alpha value is -1.05. The third-order valence-electron chi connectivity index (χ3n) is 1.66. The van der Waals surface area contributed by atoms with E-state index in [0.29, 0.717) is 0 Å². The van der Waals surface area contributed by atoms with Gasteiger partial charge in [-0.2, -0.15) is 0 Å². The molecule has 0 aromatic heterocycles. The highest BCUT2D eigenvalue weighted by atomic mass is 16.5. The van der Waals surface area contributed by atoms with Crippen molar-refractivity contribution in [3.63, 3.8) is 0 Å². The molecule has 0 unspecified atom stereocenters. The Morgan fingerprint density at radius 3 is 2.69 bits per heavy atom. The fourth-order valence-corrected chi connectivity index (χ4v) is 0.889. The number of ether oxygens (including phenoxy) is 1. The number of esters is 1. The molecule has 0 amide bonds. The Morgan fingerprint density at radius 2 is 2.08 bits per heavy atom. The van der Waals surface area contributed by atoms with Crippen molar-refractivity contribution in [1.29, 1.82) is 0 Å². The first-order valence-electron chi connectivity index (χ1n) is 4.72. The largest absolute Gasteiger partial charge is 0.466 e. The number of methoxy groups -OCH3 is 1. The van der Waals surface area contributed by atoms with E-state index in [1.165, 1.54) is 32.4 Å². The van der Waals surface area contributed by atoms with Gasteiger partial charge < -0.3 is 4.74 Å². The third kappa shape index (κ3) is 8.86. The van der Waals surface area contributed by atoms with Crippen LogP contribution in [0, 0.1) is 0 Å². The van der Waals surface area contributed by atoms with E-state index in [4.69, 9.17) is 0 Å². The summed E-state index contributed by atoms with van der Waals surface area (Å²) in [7, 11) is 1.37. The molecule has 2 heteroatoms. The fourth-order valence-electron chi connectivity index (χ4n) is 0.889. The van der Waals surface area contributed by atoms with Crippen molar-refractivity contribution in [2.45, 2.75) is 32.6 Å². The Labute approximate surface area is 80.3 Å². The highest BCUT2D eigenvalue weighted by molar-refractivity contribution is 5.82. The lowest BCUT2D eigenvalue weighted by molar-refractivity contribution is -0.134. The quantitative estimate of drug-likeness (QED) is 0.273. The van der Waals surface area contributed by atoms with E-state index in [9.17, 15) is 4.79 Å². The molecule has 0 saturated carbocycles. The van der Waals surface area contributed by atoms with Gasteiger partial charge in [0.05, 0.1) is 7.11 Å². The van der Waals surface area contributed by atoms with E-state index >= 15 is 0 Å². The zero-order valence-electron chi connectivity index (χ0n) is 8.45. The van der Waals surface area contributed by atoms with Gasteiger partial charge in [0.15, 0.2) is 0 Å². The van der Waals surface area contributed by atoms with Crippen LogP contribution in [0.2, 0.25) is 0 Å². The van der Waals surface area contributed by atoms with Crippen LogP contribution in [0.15, 0.2) is 24.3 Å². The number of unbranched alkanes of at least 4 members (excludes halogenated alkanes) is 3. The summed E-state index contributed by atoms with van der Waals surface area (Å²) in [4.78, 5) is 10.6. The number of hydrogen-bond acceptors (Lipinski definition) is 2. The first-order valence-corrected chi connectivity index (χ1v) is 4.72. The van der Waals surface area contributed by atoms with E-state index in [2.05, 4.69) is 17.7 Å². The summed E-state index contributed by atoms with van der Waals surface area (Å²) in [5.41, 5.74) is 0. The second kappa shape index (κ2) is 9.04. The van der Waals surface area contributed by atoms with Gasteiger partial charge in [-0.3, -0.25) is 0 Å². The predicted molar refractivity (Wildman–Crippen MR) is 54.4 cm³/mol. The minimum Gasteiger partial charge on any atom is -0.466 e. The molecule has 0 aliphatic carbocycles. The summed E-state index contributed by atoms with van der Waals surface area (Å²) < 4.78 is 4.44. The maximum absolute atomic E-state index is 10.6. The molecule has 0 heterocycles. The summed E-state index contributed by atoms with van der Waals surface area (Å²) in [6.45, 7) is 2.18. The summed E-state index contributed by atoms with van der Waals surface area (Å²) in [5, 5.41) is 0. The van der Waals surface area contributed by atoms with E-state index in [-0.39, 0.29) is 5.97 Å². The van der Waals surface area contributed by atoms with E-state index in [0.717, 1.165) is 6.42 Å². The van der Waals surface area contributed by atoms with Crippen LogP contribution < -0.4 is 0 Å². The smallest absolute Gasteiger partial charge is 0.330 e. The van der Waals surface area contributed by atoms with Crippen LogP contribution in [-0.4, -0.2) is 13.1 Å². The van der Waals surface area contributed by atoms with Crippen LogP contribution in [0.4, 0.5) is 0 Å². The Morgan fingerprint density at radius 1 is 1.31 bits per heavy atom. The molecular formula is C11H18O2. The van der Waals surface area contributed by atoms with Crippen molar-refractivity contribution in [3.05, 3.63) is 24.3 Å². The molecule has 0 radical (unpaired) electrons. The van der Waals surface area contributed by atoms with Crippen molar-refractivity contribution < 1.29 is 9.53 Å². The van der Waals surface area contributed by atoms with Crippen molar-refractivity contribution in [1.82, 2.24) is 0 Å². The number of rotatable bonds is 6. The topological polar surface area (TPSA) is 26.3 Å². The monoisotopic (exact) mass is 182 g/mol. The van der Waals surface area contributed by atoms with Crippen molar-refractivity contribution in [2.24, 2.45) is 0 Å². The lowest BCUT2D eigenvalue weighted by Crippen LogP contribution is -1.92. The van der Waals surface area contributed by atoms with E-state index in [1.807, 2.05) is 6.08 Å². The summed E-state index contributed by atoms with van der Waals surface area (Å²) in [5.74, 6) is -0.307. The van der Waals surface area contributed by atoms with Crippen LogP contribution >= 0.6 is 0 Å². The number of carbonyl (C=O) groups is 1. The number of carbonyl (C=O) groups excluding carboxylic acids is 1. The Balaban J connectivity index is 3.40. The second-order valence-corrected chi connectivity index (χ2v) is 2.81. The maximum atomic E-state index is 10.6. The Bertz CT molecular complexity index is 181. The van der Waals surface area contributed by atoms with Crippen molar-refractivity contribution in [2.75, 3.05) is 7.11 Å². The van der Waals surface area contributed by atoms with Gasteiger partial charge in [0, 0.05) is 6.08 Å². The molecule has 0 fully saturated rings. The fraction of sp³-hybridized carbons (Fsp3) is 0.545. The second-order valence-electron chi connectivity index (χ2n) is 2.81. The minimum absolute atomic E-state index is 0.307. The van der Waals surface area contributed by atoms with Gasteiger partial charge in [-0.15, -0.1) is 0 Å². The molecule has 0 spiro atoms. The van der Waals surface area contributed by atoms with Crippen LogP contribution in [0.3, 0.4) is 0 Å². The lowest BCUT2D eigenvalue weighted by Gasteiger charge is -1.90. The van der Waals surface area contributed by atoms with E-state index in [1.54, 1.807) is 6.08 Å². The highest BCUT2D eigenvalue weighted by Gasteiger charge is 1.86. The van der Waals surface area contributed by atoms with Gasteiger partial charge in [-0.1, -0.05) is 38.0 Å². The first-order chi connectivity index (χ1) is 6.31. The molecule has 0 atom stereocenters. The normalized spacial score (nSPS) is 11.2. The Kier molecular flexibility index (Phi) is 8.31. The minimum atomic E-state index is -0.307. The lowest BCUT2D eigenvalue weighted by atomic mass is 10.2. The van der Waals surface area contributed by atoms with Gasteiger partial charge in [0.25, 0.3) is 0 Å². The number of hydrogen-bond donors (Lipinski definition) is 0. The highest BCUT2D eigenvalue weighted by Crippen LogP contribution is 1.99. The first kappa shape index (κ1) is 11.9. The molecule has 2 nitrogen and oxygen atoms in total. The van der Waals surface area contributed by atoms with Gasteiger partial charge in [-0.05, 0) is 12.8 Å². The summed E-state index contributed by atoms with van der Waals surface area (Å²) in [6.07, 6.45) is 11.9. The molecular weight excluding hydrogens is 164 g/mol. The number of allylic oxidation sites excluding steroid dienone is 3. The van der Waals surface area contributed by atoms with Gasteiger partial charge in [0.1, 0.15) is 0 Å². The zero-order valence-corrected chi connectivity index (χ0v) is 8.45. The van der Waals surface area contributed by atoms with Gasteiger partial charge in [0.2, 0.25) is 0 Å². The third-order valence-corrected chi connectivity index (χ3v) is 1.66. The molecule has 0 N–H and O–H groups in total. The van der Waals surface area contributed by atoms with Crippen LogP contribution in [0.1, 0.15) is 32.6 Å². The average molecular weight is 182 g/mol. The molecule has 0 saturated heterocycles. The zero-order chi connectivity index (χ0) is 9.94. The van der Waals surface area contributed by atoms with Crippen LogP contribution in [0.5, 0.6) is 0 Å². The maximum Gasteiger partial charge on any atom is 0.330 e. The van der Waals surface area contributed by atoms with Crippen LogP contribution in [-0.2, 0) is 9.53 Å². The SMILES string of the molecule is CCCCC/C=C/C=C/C(=O)OC. The summed E-state index contributed by atoms with van der Waals surface area (Å²) >= 11 is 0. The molecule has 13 heavy (non-hydrogen) atoms. The standard InChI is InChI=1S/C11H18O2/c1-3-4-5-6-7-8-9-10-11(12)13-2/h7-10H,3-6H2,1-2H3/b8-7+,10-9+. The predicted octanol–water partition coefficient (Wildman–Crippen LogP) is 2.85. The molecule has 0 aliphatic heterocycles. The average Bonchev–Trinajstić information content (AvgIpc) is 2.16. The van der Waals surface area contributed by atoms with Gasteiger partial charge in [-0.25, -0.2) is 4.79 Å². The van der Waals surface area contributed by atoms with E-state index < -0.39 is 0 Å². The van der Waals surface area contributed by atoms with Crippen molar-refractivity contribution >= 4 is 5.97 Å². The van der Waals surface area contributed by atoms with Crippen molar-refractivity contribution in [3.8, 4) is 0 Å². The molecule has 0 aliphatic rings.